The average Bonchev–Trinajstić information content (AvgIpc) is 3.40. The van der Waals surface area contributed by atoms with E-state index in [2.05, 4.69) is 69.7 Å². The molecule has 3 N–H and O–H groups in total. The van der Waals surface area contributed by atoms with E-state index in [1.807, 2.05) is 0 Å². The van der Waals surface area contributed by atoms with Gasteiger partial charge >= 0.3 is 0 Å². The van der Waals surface area contributed by atoms with Gasteiger partial charge < -0.3 is 15.4 Å². The zero-order valence-electron chi connectivity index (χ0n) is 16.8. The Balaban J connectivity index is 1.35. The number of nitrogen functional groups attached to an aromatic ring is 1. The lowest BCUT2D eigenvalue weighted by Crippen LogP contribution is -2.30. The Labute approximate surface area is 175 Å². The third-order valence-corrected chi connectivity index (χ3v) is 6.53. The first-order valence-electron chi connectivity index (χ1n) is 10.8. The molecule has 1 aliphatic heterocycles. The molecule has 1 saturated carbocycles. The molecule has 2 atom stereocenters. The number of nitrogens with one attached hydrogen (secondary N) is 1. The van der Waals surface area contributed by atoms with E-state index < -0.39 is 0 Å². The van der Waals surface area contributed by atoms with Gasteiger partial charge in [-0.15, -0.1) is 0 Å². The van der Waals surface area contributed by atoms with Crippen molar-refractivity contribution >= 4 is 22.7 Å². The SMILES string of the molecule is Nc1[nH]nc2nc(N3CCCCC3)cc(-c3ccc(OC45C=CC=CC4C5)cc3)c12. The van der Waals surface area contributed by atoms with Gasteiger partial charge in [0.2, 0.25) is 0 Å². The molecule has 3 aliphatic rings. The molecule has 0 bridgehead atoms. The predicted molar refractivity (Wildman–Crippen MR) is 120 cm³/mol. The lowest BCUT2D eigenvalue weighted by atomic mass is 10.0. The molecule has 0 radical (unpaired) electrons. The quantitative estimate of drug-likeness (QED) is 0.677. The van der Waals surface area contributed by atoms with Crippen molar-refractivity contribution in [3.8, 4) is 16.9 Å². The molecule has 6 rings (SSSR count). The van der Waals surface area contributed by atoms with Gasteiger partial charge in [-0.05, 0) is 49.1 Å². The molecule has 3 heterocycles. The molecule has 0 spiro atoms. The lowest BCUT2D eigenvalue weighted by Gasteiger charge is -2.28. The molecule has 1 saturated heterocycles. The van der Waals surface area contributed by atoms with Crippen molar-refractivity contribution in [1.82, 2.24) is 15.2 Å². The standard InChI is InChI=1S/C24H25N5O/c25-22-21-19(14-20(26-23(21)28-27-22)29-12-4-1-5-13-29)16-7-9-18(10-8-16)30-24-11-3-2-6-17(24)15-24/h2-3,6-11,14,17H,1,4-5,12-13,15H2,(H3,25,26,27,28). The Morgan fingerprint density at radius 3 is 2.73 bits per heavy atom. The molecule has 2 aliphatic carbocycles. The van der Waals surface area contributed by atoms with Gasteiger partial charge in [0.25, 0.3) is 0 Å². The number of H-pyrrole nitrogens is 1. The first-order chi connectivity index (χ1) is 14.7. The molecule has 2 unspecified atom stereocenters. The van der Waals surface area contributed by atoms with Crippen molar-refractivity contribution in [1.29, 1.82) is 0 Å². The van der Waals surface area contributed by atoms with Crippen LogP contribution in [0, 0.1) is 5.92 Å². The van der Waals surface area contributed by atoms with Gasteiger partial charge in [-0.1, -0.05) is 30.4 Å². The number of nitrogens with two attached hydrogens (primary N) is 1. The summed E-state index contributed by atoms with van der Waals surface area (Å²) in [7, 11) is 0. The summed E-state index contributed by atoms with van der Waals surface area (Å²) >= 11 is 0. The third kappa shape index (κ3) is 2.86. The van der Waals surface area contributed by atoms with Crippen LogP contribution in [0.5, 0.6) is 5.75 Å². The number of piperidine rings is 1. The summed E-state index contributed by atoms with van der Waals surface area (Å²) in [5.41, 5.74) is 8.88. The van der Waals surface area contributed by atoms with E-state index in [0.717, 1.165) is 47.6 Å². The molecule has 152 valence electrons. The van der Waals surface area contributed by atoms with Crippen molar-refractivity contribution in [2.24, 2.45) is 5.92 Å². The second kappa shape index (κ2) is 6.62. The second-order valence-corrected chi connectivity index (χ2v) is 8.55. The molecule has 30 heavy (non-hydrogen) atoms. The fourth-order valence-corrected chi connectivity index (χ4v) is 4.74. The summed E-state index contributed by atoms with van der Waals surface area (Å²) < 4.78 is 6.32. The molecule has 2 aromatic heterocycles. The number of aromatic nitrogens is 3. The van der Waals surface area contributed by atoms with Crippen molar-refractivity contribution in [2.75, 3.05) is 23.7 Å². The van der Waals surface area contributed by atoms with Crippen LogP contribution in [0.15, 0.2) is 54.6 Å². The van der Waals surface area contributed by atoms with Gasteiger partial charge in [0.1, 0.15) is 23.0 Å². The number of anilines is 2. The summed E-state index contributed by atoms with van der Waals surface area (Å²) in [6.45, 7) is 2.08. The molecule has 6 nitrogen and oxygen atoms in total. The Hall–Kier alpha value is -3.28. The first-order valence-corrected chi connectivity index (χ1v) is 10.8. The number of aromatic amines is 1. The summed E-state index contributed by atoms with van der Waals surface area (Å²) in [6, 6.07) is 10.5. The maximum absolute atomic E-state index is 6.32. The minimum Gasteiger partial charge on any atom is -0.483 e. The van der Waals surface area contributed by atoms with Gasteiger partial charge in [-0.3, -0.25) is 5.10 Å². The van der Waals surface area contributed by atoms with Crippen LogP contribution in [0.4, 0.5) is 11.6 Å². The molecule has 6 heteroatoms. The van der Waals surface area contributed by atoms with Gasteiger partial charge in [0, 0.05) is 31.0 Å². The molecular weight excluding hydrogens is 374 g/mol. The molecule has 1 aromatic carbocycles. The normalized spacial score (nSPS) is 24.8. The number of hydrogen-bond acceptors (Lipinski definition) is 5. The third-order valence-electron chi connectivity index (χ3n) is 6.53. The maximum atomic E-state index is 6.32. The van der Waals surface area contributed by atoms with Gasteiger partial charge in [0.05, 0.1) is 5.39 Å². The van der Waals surface area contributed by atoms with Crippen LogP contribution in [0.1, 0.15) is 25.7 Å². The number of pyridine rings is 1. The van der Waals surface area contributed by atoms with Crippen molar-refractivity contribution in [2.45, 2.75) is 31.3 Å². The monoisotopic (exact) mass is 399 g/mol. The number of ether oxygens (including phenoxy) is 1. The van der Waals surface area contributed by atoms with Crippen molar-refractivity contribution < 1.29 is 4.74 Å². The van der Waals surface area contributed by atoms with Crippen LogP contribution in [-0.2, 0) is 0 Å². The predicted octanol–water partition coefficient (Wildman–Crippen LogP) is 4.46. The van der Waals surface area contributed by atoms with E-state index in [9.17, 15) is 0 Å². The number of nitrogens with zero attached hydrogens (tertiary/aromatic N) is 3. The summed E-state index contributed by atoms with van der Waals surface area (Å²) in [4.78, 5) is 7.13. The average molecular weight is 399 g/mol. The molecule has 0 amide bonds. The van der Waals surface area contributed by atoms with E-state index >= 15 is 0 Å². The van der Waals surface area contributed by atoms with Gasteiger partial charge in [-0.25, -0.2) is 4.98 Å². The highest BCUT2D eigenvalue weighted by Gasteiger charge is 2.54. The Morgan fingerprint density at radius 1 is 1.10 bits per heavy atom. The number of hydrogen-bond donors (Lipinski definition) is 2. The van der Waals surface area contributed by atoms with Crippen LogP contribution < -0.4 is 15.4 Å². The minimum atomic E-state index is -0.142. The summed E-state index contributed by atoms with van der Waals surface area (Å²) in [6.07, 6.45) is 13.3. The van der Waals surface area contributed by atoms with Crippen LogP contribution in [0.3, 0.4) is 0 Å². The van der Waals surface area contributed by atoms with E-state index in [0.29, 0.717) is 17.4 Å². The van der Waals surface area contributed by atoms with Crippen LogP contribution in [0.25, 0.3) is 22.2 Å². The lowest BCUT2D eigenvalue weighted by molar-refractivity contribution is 0.217. The Kier molecular flexibility index (Phi) is 3.88. The zero-order chi connectivity index (χ0) is 20.1. The summed E-state index contributed by atoms with van der Waals surface area (Å²) in [5, 5.41) is 8.12. The van der Waals surface area contributed by atoms with Crippen LogP contribution in [0.2, 0.25) is 0 Å². The Morgan fingerprint density at radius 2 is 1.93 bits per heavy atom. The number of benzene rings is 1. The number of allylic oxidation sites excluding steroid dienone is 2. The fourth-order valence-electron chi connectivity index (χ4n) is 4.74. The van der Waals surface area contributed by atoms with Gasteiger partial charge in [0.15, 0.2) is 5.65 Å². The zero-order valence-corrected chi connectivity index (χ0v) is 16.8. The van der Waals surface area contributed by atoms with Crippen molar-refractivity contribution in [3.05, 3.63) is 54.6 Å². The van der Waals surface area contributed by atoms with Gasteiger partial charge in [-0.2, -0.15) is 5.10 Å². The first kappa shape index (κ1) is 17.6. The van der Waals surface area contributed by atoms with E-state index in [-0.39, 0.29) is 5.60 Å². The van der Waals surface area contributed by atoms with E-state index in [1.54, 1.807) is 0 Å². The number of fused-ring (bicyclic) bond motifs is 2. The largest absolute Gasteiger partial charge is 0.483 e. The number of rotatable bonds is 4. The molecular formula is C24H25N5O. The highest BCUT2D eigenvalue weighted by Crippen LogP contribution is 2.51. The fraction of sp³-hybridized carbons (Fsp3) is 0.333. The molecule has 2 fully saturated rings. The highest BCUT2D eigenvalue weighted by atomic mass is 16.5. The van der Waals surface area contributed by atoms with Crippen LogP contribution in [-0.4, -0.2) is 33.9 Å². The second-order valence-electron chi connectivity index (χ2n) is 8.55. The minimum absolute atomic E-state index is 0.142. The van der Waals surface area contributed by atoms with E-state index in [1.165, 1.54) is 19.3 Å². The van der Waals surface area contributed by atoms with Crippen molar-refractivity contribution in [3.63, 3.8) is 0 Å². The summed E-state index contributed by atoms with van der Waals surface area (Å²) in [5.74, 6) is 2.92. The highest BCUT2D eigenvalue weighted by molar-refractivity contribution is 6.01. The molecule has 3 aromatic rings. The smallest absolute Gasteiger partial charge is 0.185 e. The Bertz CT molecular complexity index is 1160. The van der Waals surface area contributed by atoms with Crippen LogP contribution >= 0.6 is 0 Å². The topological polar surface area (TPSA) is 80.1 Å². The van der Waals surface area contributed by atoms with E-state index in [4.69, 9.17) is 15.5 Å². The maximum Gasteiger partial charge on any atom is 0.185 e.